The van der Waals surface area contributed by atoms with E-state index in [1.54, 1.807) is 6.07 Å². The number of benzene rings is 2. The molecule has 1 fully saturated rings. The molecule has 1 saturated heterocycles. The van der Waals surface area contributed by atoms with Crippen molar-refractivity contribution in [1.29, 1.82) is 0 Å². The SMILES string of the molecule is CCC1CCN(c2cc3c(cc2F)c(=O)c(C(=O)O)cn3-c2ccc(F)cc2)CC1. The molecule has 0 aliphatic carbocycles. The minimum absolute atomic E-state index is 0.0241. The molecule has 30 heavy (non-hydrogen) atoms. The lowest BCUT2D eigenvalue weighted by molar-refractivity contribution is 0.0695. The first-order valence-corrected chi connectivity index (χ1v) is 10.0. The van der Waals surface area contributed by atoms with Gasteiger partial charge in [-0.15, -0.1) is 0 Å². The summed E-state index contributed by atoms with van der Waals surface area (Å²) in [6.45, 7) is 3.59. The van der Waals surface area contributed by atoms with Crippen LogP contribution in [0.25, 0.3) is 16.6 Å². The van der Waals surface area contributed by atoms with E-state index in [9.17, 15) is 23.5 Å². The molecule has 3 aromatic rings. The first kappa shape index (κ1) is 20.1. The highest BCUT2D eigenvalue weighted by molar-refractivity contribution is 5.94. The number of anilines is 1. The van der Waals surface area contributed by atoms with Crippen LogP contribution >= 0.6 is 0 Å². The summed E-state index contributed by atoms with van der Waals surface area (Å²) in [5.41, 5.74) is 0.0286. The number of halogens is 2. The van der Waals surface area contributed by atoms with E-state index in [1.165, 1.54) is 35.0 Å². The van der Waals surface area contributed by atoms with Gasteiger partial charge >= 0.3 is 5.97 Å². The number of nitrogens with zero attached hydrogens (tertiary/aromatic N) is 2. The Morgan fingerprint density at radius 1 is 1.13 bits per heavy atom. The zero-order valence-electron chi connectivity index (χ0n) is 16.6. The summed E-state index contributed by atoms with van der Waals surface area (Å²) in [5.74, 6) is -1.76. The van der Waals surface area contributed by atoms with Crippen molar-refractivity contribution in [2.24, 2.45) is 5.92 Å². The summed E-state index contributed by atoms with van der Waals surface area (Å²) in [4.78, 5) is 26.2. The molecule has 1 aromatic heterocycles. The number of carboxylic acids is 1. The lowest BCUT2D eigenvalue weighted by Crippen LogP contribution is -2.34. The molecule has 5 nitrogen and oxygen atoms in total. The molecule has 0 unspecified atom stereocenters. The van der Waals surface area contributed by atoms with Gasteiger partial charge < -0.3 is 14.6 Å². The van der Waals surface area contributed by atoms with Gasteiger partial charge in [-0.05, 0) is 55.2 Å². The van der Waals surface area contributed by atoms with Crippen LogP contribution in [0.3, 0.4) is 0 Å². The molecule has 2 heterocycles. The van der Waals surface area contributed by atoms with E-state index in [-0.39, 0.29) is 5.39 Å². The Balaban J connectivity index is 1.92. The van der Waals surface area contributed by atoms with E-state index >= 15 is 0 Å². The fourth-order valence-corrected chi connectivity index (χ4v) is 4.13. The summed E-state index contributed by atoms with van der Waals surface area (Å²) >= 11 is 0. The smallest absolute Gasteiger partial charge is 0.341 e. The molecule has 4 rings (SSSR count). The molecule has 0 atom stereocenters. The quantitative estimate of drug-likeness (QED) is 0.681. The maximum absolute atomic E-state index is 15.0. The number of carbonyl (C=O) groups is 1. The Hall–Kier alpha value is -3.22. The van der Waals surface area contributed by atoms with Crippen molar-refractivity contribution in [2.45, 2.75) is 26.2 Å². The van der Waals surface area contributed by atoms with E-state index < -0.39 is 28.6 Å². The number of fused-ring (bicyclic) bond motifs is 1. The summed E-state index contributed by atoms with van der Waals surface area (Å²) in [6, 6.07) is 8.18. The van der Waals surface area contributed by atoms with Crippen molar-refractivity contribution in [1.82, 2.24) is 4.57 Å². The van der Waals surface area contributed by atoms with Crippen molar-refractivity contribution >= 4 is 22.6 Å². The second kappa shape index (κ2) is 7.89. The number of aromatic nitrogens is 1. The molecule has 0 spiro atoms. The molecule has 2 aromatic carbocycles. The Morgan fingerprint density at radius 2 is 1.80 bits per heavy atom. The molecule has 1 aliphatic heterocycles. The molecule has 156 valence electrons. The van der Waals surface area contributed by atoms with Crippen LogP contribution in [0.5, 0.6) is 0 Å². The highest BCUT2D eigenvalue weighted by Gasteiger charge is 2.23. The summed E-state index contributed by atoms with van der Waals surface area (Å²) in [5, 5.41) is 9.42. The van der Waals surface area contributed by atoms with Gasteiger partial charge in [0.1, 0.15) is 17.2 Å². The lowest BCUT2D eigenvalue weighted by Gasteiger charge is -2.33. The topological polar surface area (TPSA) is 62.5 Å². The molecule has 7 heteroatoms. The number of pyridine rings is 1. The molecule has 1 aliphatic rings. The standard InChI is InChI=1S/C23H22F2N2O3/c1-2-14-7-9-26(10-8-14)21-12-20-17(11-19(21)25)22(28)18(23(29)30)13-27(20)16-5-3-15(24)4-6-16/h3-6,11-14H,2,7-10H2,1H3,(H,29,30). The molecular formula is C23H22F2N2O3. The maximum atomic E-state index is 15.0. The van der Waals surface area contributed by atoms with Crippen LogP contribution in [0.15, 0.2) is 47.4 Å². The second-order valence-corrected chi connectivity index (χ2v) is 7.68. The molecular weight excluding hydrogens is 390 g/mol. The number of rotatable bonds is 4. The van der Waals surface area contributed by atoms with Crippen LogP contribution in [0.4, 0.5) is 14.5 Å². The van der Waals surface area contributed by atoms with Gasteiger partial charge in [0.05, 0.1) is 11.2 Å². The van der Waals surface area contributed by atoms with Gasteiger partial charge in [0.25, 0.3) is 0 Å². The Morgan fingerprint density at radius 3 is 2.40 bits per heavy atom. The normalized spacial score (nSPS) is 15.0. The van der Waals surface area contributed by atoms with Crippen molar-refractivity contribution in [3.8, 4) is 5.69 Å². The van der Waals surface area contributed by atoms with E-state index in [1.807, 2.05) is 4.90 Å². The predicted octanol–water partition coefficient (Wildman–Crippen LogP) is 4.59. The van der Waals surface area contributed by atoms with Gasteiger partial charge in [0.15, 0.2) is 0 Å². The van der Waals surface area contributed by atoms with E-state index in [0.29, 0.717) is 22.8 Å². The van der Waals surface area contributed by atoms with Crippen molar-refractivity contribution in [3.63, 3.8) is 0 Å². The first-order valence-electron chi connectivity index (χ1n) is 10.0. The highest BCUT2D eigenvalue weighted by atomic mass is 19.1. The lowest BCUT2D eigenvalue weighted by atomic mass is 9.94. The Bertz CT molecular complexity index is 1160. The highest BCUT2D eigenvalue weighted by Crippen LogP contribution is 2.30. The number of aromatic carboxylic acids is 1. The van der Waals surface area contributed by atoms with Gasteiger partial charge in [-0.25, -0.2) is 13.6 Å². The average molecular weight is 412 g/mol. The van der Waals surface area contributed by atoms with Crippen molar-refractivity contribution < 1.29 is 18.7 Å². The number of hydrogen-bond acceptors (Lipinski definition) is 3. The summed E-state index contributed by atoms with van der Waals surface area (Å²) in [6.07, 6.45) is 4.24. The molecule has 0 saturated carbocycles. The van der Waals surface area contributed by atoms with Crippen LogP contribution in [-0.4, -0.2) is 28.7 Å². The second-order valence-electron chi connectivity index (χ2n) is 7.68. The van der Waals surface area contributed by atoms with Crippen LogP contribution in [-0.2, 0) is 0 Å². The van der Waals surface area contributed by atoms with Gasteiger partial charge in [-0.2, -0.15) is 0 Å². The minimum Gasteiger partial charge on any atom is -0.477 e. The Labute approximate surface area is 172 Å². The maximum Gasteiger partial charge on any atom is 0.341 e. The fourth-order valence-electron chi connectivity index (χ4n) is 4.13. The summed E-state index contributed by atoms with van der Waals surface area (Å²) < 4.78 is 29.9. The van der Waals surface area contributed by atoms with Crippen LogP contribution in [0, 0.1) is 17.6 Å². The third-order valence-corrected chi connectivity index (χ3v) is 5.94. The van der Waals surface area contributed by atoms with Gasteiger partial charge in [0, 0.05) is 30.4 Å². The predicted molar refractivity (Wildman–Crippen MR) is 112 cm³/mol. The van der Waals surface area contributed by atoms with Gasteiger partial charge in [-0.1, -0.05) is 13.3 Å². The minimum atomic E-state index is -1.40. The van der Waals surface area contributed by atoms with Gasteiger partial charge in [0.2, 0.25) is 5.43 Å². The molecule has 0 radical (unpaired) electrons. The van der Waals surface area contributed by atoms with Gasteiger partial charge in [-0.3, -0.25) is 4.79 Å². The molecule has 0 amide bonds. The number of piperidine rings is 1. The zero-order valence-corrected chi connectivity index (χ0v) is 16.6. The third-order valence-electron chi connectivity index (χ3n) is 5.94. The largest absolute Gasteiger partial charge is 0.477 e. The zero-order chi connectivity index (χ0) is 21.4. The first-order chi connectivity index (χ1) is 14.4. The number of carboxylic acid groups (broad SMARTS) is 1. The Kier molecular flexibility index (Phi) is 5.28. The number of hydrogen-bond donors (Lipinski definition) is 1. The van der Waals surface area contributed by atoms with Crippen LogP contribution in [0.1, 0.15) is 36.5 Å². The fraction of sp³-hybridized carbons (Fsp3) is 0.304. The van der Waals surface area contributed by atoms with E-state index in [2.05, 4.69) is 6.92 Å². The molecule has 1 N–H and O–H groups in total. The van der Waals surface area contributed by atoms with E-state index in [4.69, 9.17) is 0 Å². The monoisotopic (exact) mass is 412 g/mol. The summed E-state index contributed by atoms with van der Waals surface area (Å²) in [7, 11) is 0. The third kappa shape index (κ3) is 3.56. The van der Waals surface area contributed by atoms with Crippen molar-refractivity contribution in [3.05, 3.63) is 70.0 Å². The van der Waals surface area contributed by atoms with E-state index in [0.717, 1.165) is 38.4 Å². The molecule has 0 bridgehead atoms. The van der Waals surface area contributed by atoms with Crippen molar-refractivity contribution in [2.75, 3.05) is 18.0 Å². The average Bonchev–Trinajstić information content (AvgIpc) is 2.74. The van der Waals surface area contributed by atoms with Crippen LogP contribution in [0.2, 0.25) is 0 Å². The van der Waals surface area contributed by atoms with Crippen LogP contribution < -0.4 is 10.3 Å².